The number of ether oxygens (including phenoxy) is 3. The predicted molar refractivity (Wildman–Crippen MR) is 106 cm³/mol. The standard InChI is InChI=1S/C23H18N2O4/c26-16-8-5-14(6-9-16)18-12-19-17-3-1-2-4-20(17)29-23(25(19)24-18)15-7-10-21-22(11-15)28-13-27-21/h1-11,19,23,26H,12-13H2/t19-,23+/m0/s1. The van der Waals surface area contributed by atoms with Crippen LogP contribution in [0.1, 0.15) is 35.4 Å². The Hall–Kier alpha value is -3.67. The van der Waals surface area contributed by atoms with Crippen LogP contribution in [-0.4, -0.2) is 22.6 Å². The topological polar surface area (TPSA) is 63.5 Å². The van der Waals surface area contributed by atoms with Crippen molar-refractivity contribution in [1.82, 2.24) is 5.01 Å². The van der Waals surface area contributed by atoms with E-state index in [1.54, 1.807) is 12.1 Å². The number of phenols is 1. The minimum atomic E-state index is -0.362. The zero-order chi connectivity index (χ0) is 19.4. The molecule has 3 aromatic rings. The molecule has 0 fully saturated rings. The van der Waals surface area contributed by atoms with Crippen molar-refractivity contribution in [2.45, 2.75) is 18.7 Å². The van der Waals surface area contributed by atoms with Crippen LogP contribution in [0.15, 0.2) is 71.8 Å². The van der Waals surface area contributed by atoms with Gasteiger partial charge in [0.2, 0.25) is 13.0 Å². The summed E-state index contributed by atoms with van der Waals surface area (Å²) in [5, 5.41) is 16.6. The van der Waals surface area contributed by atoms with E-state index >= 15 is 0 Å². The number of rotatable bonds is 2. The SMILES string of the molecule is Oc1ccc(C2=NN3[C@@H](c4ccc5c(c4)OCO5)Oc4ccccc4[C@@H]3C2)cc1. The highest BCUT2D eigenvalue weighted by molar-refractivity contribution is 6.02. The van der Waals surface area contributed by atoms with Gasteiger partial charge in [0, 0.05) is 17.5 Å². The van der Waals surface area contributed by atoms with Gasteiger partial charge in [-0.15, -0.1) is 0 Å². The Balaban J connectivity index is 1.44. The van der Waals surface area contributed by atoms with E-state index in [4.69, 9.17) is 19.3 Å². The smallest absolute Gasteiger partial charge is 0.231 e. The zero-order valence-corrected chi connectivity index (χ0v) is 15.5. The second kappa shape index (κ2) is 6.17. The first-order valence-corrected chi connectivity index (χ1v) is 9.56. The molecule has 0 unspecified atom stereocenters. The Bertz CT molecular complexity index is 1130. The summed E-state index contributed by atoms with van der Waals surface area (Å²) in [4.78, 5) is 0. The molecule has 6 heteroatoms. The lowest BCUT2D eigenvalue weighted by Crippen LogP contribution is -2.33. The molecule has 1 N–H and O–H groups in total. The van der Waals surface area contributed by atoms with Gasteiger partial charge in [0.05, 0.1) is 11.8 Å². The van der Waals surface area contributed by atoms with Gasteiger partial charge in [-0.25, -0.2) is 5.01 Å². The summed E-state index contributed by atoms with van der Waals surface area (Å²) in [6, 6.07) is 21.2. The Morgan fingerprint density at radius 2 is 1.72 bits per heavy atom. The molecule has 3 aliphatic rings. The maximum Gasteiger partial charge on any atom is 0.231 e. The summed E-state index contributed by atoms with van der Waals surface area (Å²) < 4.78 is 17.4. The fourth-order valence-corrected chi connectivity index (χ4v) is 4.15. The van der Waals surface area contributed by atoms with Crippen LogP contribution in [0, 0.1) is 0 Å². The number of hydrogen-bond acceptors (Lipinski definition) is 6. The van der Waals surface area contributed by atoms with Crippen LogP contribution in [0.2, 0.25) is 0 Å². The maximum absolute atomic E-state index is 9.61. The fraction of sp³-hybridized carbons (Fsp3) is 0.174. The van der Waals surface area contributed by atoms with Gasteiger partial charge >= 0.3 is 0 Å². The lowest BCUT2D eigenvalue weighted by molar-refractivity contribution is -0.0191. The molecule has 0 amide bonds. The predicted octanol–water partition coefficient (Wildman–Crippen LogP) is 4.36. The molecule has 29 heavy (non-hydrogen) atoms. The monoisotopic (exact) mass is 386 g/mol. The van der Waals surface area contributed by atoms with E-state index in [2.05, 4.69) is 6.07 Å². The van der Waals surface area contributed by atoms with Gasteiger partial charge in [0.15, 0.2) is 11.5 Å². The van der Waals surface area contributed by atoms with Crippen LogP contribution in [0.5, 0.6) is 23.0 Å². The van der Waals surface area contributed by atoms with Gasteiger partial charge in [0.25, 0.3) is 0 Å². The summed E-state index contributed by atoms with van der Waals surface area (Å²) in [7, 11) is 0. The van der Waals surface area contributed by atoms with E-state index < -0.39 is 0 Å². The van der Waals surface area contributed by atoms with Crippen molar-refractivity contribution in [3.63, 3.8) is 0 Å². The third kappa shape index (κ3) is 2.60. The van der Waals surface area contributed by atoms with E-state index in [1.165, 1.54) is 0 Å². The van der Waals surface area contributed by atoms with Gasteiger partial charge in [-0.05, 0) is 54.1 Å². The quantitative estimate of drug-likeness (QED) is 0.709. The van der Waals surface area contributed by atoms with E-state index in [0.29, 0.717) is 0 Å². The first-order valence-electron chi connectivity index (χ1n) is 9.56. The minimum Gasteiger partial charge on any atom is -0.508 e. The number of fused-ring (bicyclic) bond motifs is 4. The maximum atomic E-state index is 9.61. The lowest BCUT2D eigenvalue weighted by Gasteiger charge is -2.38. The van der Waals surface area contributed by atoms with E-state index in [-0.39, 0.29) is 24.8 Å². The molecule has 6 rings (SSSR count). The highest BCUT2D eigenvalue weighted by atomic mass is 16.7. The largest absolute Gasteiger partial charge is 0.508 e. The molecular formula is C23H18N2O4. The minimum absolute atomic E-state index is 0.0826. The molecule has 0 aromatic heterocycles. The van der Waals surface area contributed by atoms with Crippen LogP contribution in [0.3, 0.4) is 0 Å². The van der Waals surface area contributed by atoms with Crippen molar-refractivity contribution in [2.75, 3.05) is 6.79 Å². The highest BCUT2D eigenvalue weighted by Crippen LogP contribution is 2.48. The van der Waals surface area contributed by atoms with Crippen LogP contribution >= 0.6 is 0 Å². The summed E-state index contributed by atoms with van der Waals surface area (Å²) >= 11 is 0. The second-order valence-corrected chi connectivity index (χ2v) is 7.31. The Morgan fingerprint density at radius 3 is 2.62 bits per heavy atom. The van der Waals surface area contributed by atoms with E-state index in [9.17, 15) is 5.11 Å². The van der Waals surface area contributed by atoms with Gasteiger partial charge in [0.1, 0.15) is 11.5 Å². The van der Waals surface area contributed by atoms with Gasteiger partial charge in [-0.3, -0.25) is 0 Å². The van der Waals surface area contributed by atoms with Gasteiger partial charge < -0.3 is 19.3 Å². The van der Waals surface area contributed by atoms with Crippen LogP contribution in [0.4, 0.5) is 0 Å². The van der Waals surface area contributed by atoms with Crippen LogP contribution in [-0.2, 0) is 0 Å². The third-order valence-corrected chi connectivity index (χ3v) is 5.58. The number of para-hydroxylation sites is 1. The molecule has 0 spiro atoms. The molecule has 6 nitrogen and oxygen atoms in total. The van der Waals surface area contributed by atoms with Crippen LogP contribution in [0.25, 0.3) is 0 Å². The number of nitrogens with zero attached hydrogens (tertiary/aromatic N) is 2. The average Bonchev–Trinajstić information content (AvgIpc) is 3.40. The van der Waals surface area contributed by atoms with E-state index in [0.717, 1.165) is 46.1 Å². The Kier molecular flexibility index (Phi) is 3.47. The fourth-order valence-electron chi connectivity index (χ4n) is 4.15. The third-order valence-electron chi connectivity index (χ3n) is 5.58. The van der Waals surface area contributed by atoms with Crippen molar-refractivity contribution in [1.29, 1.82) is 0 Å². The molecule has 3 heterocycles. The average molecular weight is 386 g/mol. The molecule has 0 bridgehead atoms. The van der Waals surface area contributed by atoms with Gasteiger partial charge in [-0.1, -0.05) is 18.2 Å². The van der Waals surface area contributed by atoms with Crippen molar-refractivity contribution in [3.8, 4) is 23.0 Å². The van der Waals surface area contributed by atoms with Crippen molar-refractivity contribution in [3.05, 3.63) is 83.4 Å². The molecular weight excluding hydrogens is 368 g/mol. The molecule has 0 aliphatic carbocycles. The van der Waals surface area contributed by atoms with Crippen molar-refractivity contribution < 1.29 is 19.3 Å². The summed E-state index contributed by atoms with van der Waals surface area (Å²) in [5.74, 6) is 2.59. The van der Waals surface area contributed by atoms with Crippen molar-refractivity contribution >= 4 is 5.71 Å². The summed E-state index contributed by atoms with van der Waals surface area (Å²) in [6.07, 6.45) is 0.408. The second-order valence-electron chi connectivity index (χ2n) is 7.31. The molecule has 0 radical (unpaired) electrons. The normalized spacial score (nSPS) is 21.2. The molecule has 144 valence electrons. The summed E-state index contributed by atoms with van der Waals surface area (Å²) in [5.41, 5.74) is 4.06. The molecule has 0 saturated carbocycles. The molecule has 2 atom stereocenters. The molecule has 0 saturated heterocycles. The first kappa shape index (κ1) is 16.3. The van der Waals surface area contributed by atoms with Gasteiger partial charge in [-0.2, -0.15) is 5.10 Å². The zero-order valence-electron chi connectivity index (χ0n) is 15.5. The lowest BCUT2D eigenvalue weighted by atomic mass is 9.96. The Labute approximate surface area is 167 Å². The highest BCUT2D eigenvalue weighted by Gasteiger charge is 2.41. The number of phenolic OH excluding ortho intramolecular Hbond substituents is 1. The molecule has 3 aliphatic heterocycles. The van der Waals surface area contributed by atoms with Crippen molar-refractivity contribution in [2.24, 2.45) is 5.10 Å². The van der Waals surface area contributed by atoms with E-state index in [1.807, 2.05) is 53.5 Å². The van der Waals surface area contributed by atoms with Crippen LogP contribution < -0.4 is 14.2 Å². The first-order chi connectivity index (χ1) is 14.3. The number of benzene rings is 3. The Morgan fingerprint density at radius 1 is 0.897 bits per heavy atom. The number of hydrogen-bond donors (Lipinski definition) is 1. The number of hydrazone groups is 1. The number of aromatic hydroxyl groups is 1. The summed E-state index contributed by atoms with van der Waals surface area (Å²) in [6.45, 7) is 0.239. The molecule has 3 aromatic carbocycles.